The number of hydroxylamine groups is 2. The van der Waals surface area contributed by atoms with Gasteiger partial charge in [-0.25, -0.2) is 0 Å². The van der Waals surface area contributed by atoms with Gasteiger partial charge in [-0.05, 0) is 24.3 Å². The molecule has 0 amide bonds. The summed E-state index contributed by atoms with van der Waals surface area (Å²) < 4.78 is 0. The van der Waals surface area contributed by atoms with Gasteiger partial charge in [0.15, 0.2) is 11.6 Å². The predicted molar refractivity (Wildman–Crippen MR) is 80.9 cm³/mol. The Kier molecular flexibility index (Phi) is 9.05. The summed E-state index contributed by atoms with van der Waals surface area (Å²) in [5, 5.41) is 34.1. The zero-order valence-electron chi connectivity index (χ0n) is 11.6. The van der Waals surface area contributed by atoms with Gasteiger partial charge in [0.1, 0.15) is 0 Å². The molecule has 0 aromatic rings. The van der Waals surface area contributed by atoms with Crippen LogP contribution in [0.2, 0.25) is 0 Å². The van der Waals surface area contributed by atoms with Crippen LogP contribution in [0.4, 0.5) is 0 Å². The summed E-state index contributed by atoms with van der Waals surface area (Å²) in [7, 11) is 0. The molecule has 6 N–H and O–H groups in total. The van der Waals surface area contributed by atoms with Crippen LogP contribution in [0.1, 0.15) is 0 Å². The quantitative estimate of drug-likeness (QED) is 0.377. The van der Waals surface area contributed by atoms with Gasteiger partial charge in [0.05, 0.1) is 23.3 Å². The molecule has 125 valence electrons. The van der Waals surface area contributed by atoms with Crippen LogP contribution in [0.25, 0.3) is 0 Å². The maximum Gasteiger partial charge on any atom is 2.00 e. The largest absolute Gasteiger partial charge is 2.00 e. The number of rotatable bonds is 2. The van der Waals surface area contributed by atoms with Crippen LogP contribution >= 0.6 is 0 Å². The Hall–Kier alpha value is -2.58. The first-order valence-electron chi connectivity index (χ1n) is 5.95. The van der Waals surface area contributed by atoms with Gasteiger partial charge < -0.3 is 31.6 Å². The Balaban J connectivity index is 0.000000403. The van der Waals surface area contributed by atoms with E-state index in [1.165, 1.54) is 24.3 Å². The number of hydrogen-bond acceptors (Lipinski definition) is 6. The van der Waals surface area contributed by atoms with Gasteiger partial charge in [-0.15, -0.1) is 0 Å². The van der Waals surface area contributed by atoms with E-state index in [4.69, 9.17) is 10.2 Å². The third-order valence-electron chi connectivity index (χ3n) is 2.48. The summed E-state index contributed by atoms with van der Waals surface area (Å²) in [6, 6.07) is 0. The average Bonchev–Trinajstić information content (AvgIpc) is 2.46. The molecule has 0 saturated carbocycles. The summed E-state index contributed by atoms with van der Waals surface area (Å²) >= 11 is 0. The van der Waals surface area contributed by atoms with Crippen molar-refractivity contribution < 1.29 is 36.9 Å². The third kappa shape index (κ3) is 6.81. The smallest absolute Gasteiger partial charge is 0.761 e. The standard InChI is InChI=1S/2C7H6NO3.Cu/c2*9-6-2-1-5(4-8-11)7(10)3-6;/h2*1-4,8,10H;/q2*-1;+2/p+2. The van der Waals surface area contributed by atoms with Crippen LogP contribution in [0.15, 0.2) is 71.5 Å². The third-order valence-corrected chi connectivity index (χ3v) is 2.48. The van der Waals surface area contributed by atoms with Gasteiger partial charge in [-0.3, -0.25) is 9.59 Å². The minimum absolute atomic E-state index is 0. The second-order valence-electron chi connectivity index (χ2n) is 4.02. The van der Waals surface area contributed by atoms with Crippen LogP contribution in [-0.4, -0.2) is 21.8 Å². The Labute approximate surface area is 141 Å². The van der Waals surface area contributed by atoms with E-state index in [1.807, 2.05) is 0 Å². The predicted octanol–water partition coefficient (Wildman–Crippen LogP) is -0.592. The molecule has 2 rings (SSSR count). The first-order valence-corrected chi connectivity index (χ1v) is 5.95. The molecular weight excluding hydrogens is 356 g/mol. The van der Waals surface area contributed by atoms with Crippen molar-refractivity contribution in [2.75, 3.05) is 0 Å². The van der Waals surface area contributed by atoms with Crippen LogP contribution in [0.3, 0.4) is 0 Å². The van der Waals surface area contributed by atoms with Crippen LogP contribution in [0, 0.1) is 10.4 Å². The molecule has 1 radical (unpaired) electrons. The molecule has 0 fully saturated rings. The van der Waals surface area contributed by atoms with Crippen LogP contribution in [-0.2, 0) is 26.7 Å². The fraction of sp³-hybridized carbons (Fsp3) is 0. The summed E-state index contributed by atoms with van der Waals surface area (Å²) in [6.07, 6.45) is 10.0. The molecule has 23 heavy (non-hydrogen) atoms. The molecule has 0 saturated heterocycles. The molecule has 9 heteroatoms. The van der Waals surface area contributed by atoms with E-state index in [0.717, 1.165) is 24.6 Å². The first kappa shape index (κ1) is 20.4. The first-order chi connectivity index (χ1) is 10.5. The van der Waals surface area contributed by atoms with Gasteiger partial charge in [-0.2, -0.15) is 0 Å². The van der Waals surface area contributed by atoms with Gasteiger partial charge in [0.25, 0.3) is 11.5 Å². The number of carbonyl (C=O) groups excluding carboxylic acids is 2. The molecule has 0 aromatic carbocycles. The van der Waals surface area contributed by atoms with E-state index < -0.39 is 0 Å². The van der Waals surface area contributed by atoms with E-state index in [0.29, 0.717) is 11.1 Å². The van der Waals surface area contributed by atoms with E-state index in [9.17, 15) is 20.0 Å². The monoisotopic (exact) mass is 369 g/mol. The maximum absolute atomic E-state index is 10.6. The summed E-state index contributed by atoms with van der Waals surface area (Å²) in [5.74, 6) is -0.335. The second kappa shape index (κ2) is 10.2. The number of carbonyl (C=O) groups is 2. The molecule has 0 aliphatic heterocycles. The van der Waals surface area contributed by atoms with Gasteiger partial charge in [-0.1, -0.05) is 0 Å². The molecule has 0 aromatic heterocycles. The molecule has 2 aliphatic rings. The van der Waals surface area contributed by atoms with E-state index in [2.05, 4.69) is 0 Å². The van der Waals surface area contributed by atoms with E-state index >= 15 is 0 Å². The Morgan fingerprint density at radius 3 is 1.39 bits per heavy atom. The SMILES string of the molecule is O=C1C=CC(=CN[O-])C([OH2+])=C1.O=C1C=CC(=CN[O-])C([OH2+])=C1.[Cu+2]. The van der Waals surface area contributed by atoms with Crippen LogP contribution in [0.5, 0.6) is 0 Å². The van der Waals surface area contributed by atoms with Crippen molar-refractivity contribution >= 4 is 11.6 Å². The molecule has 0 spiro atoms. The summed E-state index contributed by atoms with van der Waals surface area (Å²) in [5.41, 5.74) is 3.93. The molecule has 8 nitrogen and oxygen atoms in total. The fourth-order valence-corrected chi connectivity index (χ4v) is 1.45. The minimum atomic E-state index is -0.224. The van der Waals surface area contributed by atoms with Crippen molar-refractivity contribution in [3.05, 3.63) is 81.9 Å². The van der Waals surface area contributed by atoms with Gasteiger partial charge in [0, 0.05) is 12.4 Å². The van der Waals surface area contributed by atoms with Crippen molar-refractivity contribution in [3.8, 4) is 0 Å². The molecular formula is C14H14CuN2O6+2. The molecule has 0 unspecified atom stereocenters. The second-order valence-corrected chi connectivity index (χ2v) is 4.02. The Morgan fingerprint density at radius 2 is 1.13 bits per heavy atom. The Morgan fingerprint density at radius 1 is 0.783 bits per heavy atom. The molecule has 0 bridgehead atoms. The Bertz CT molecular complexity index is 588. The molecule has 2 aliphatic carbocycles. The number of ketones is 2. The van der Waals surface area contributed by atoms with Crippen molar-refractivity contribution in [2.45, 2.75) is 0 Å². The zero-order valence-corrected chi connectivity index (χ0v) is 12.5. The van der Waals surface area contributed by atoms with Crippen molar-refractivity contribution in [1.29, 1.82) is 0 Å². The number of nitrogens with one attached hydrogen (secondary N) is 2. The number of hydrogen-bond donors (Lipinski definition) is 2. The maximum atomic E-state index is 10.6. The topological polar surface area (TPSA) is 150 Å². The normalized spacial score (nSPS) is 19.4. The van der Waals surface area contributed by atoms with E-state index in [1.54, 1.807) is 11.0 Å². The summed E-state index contributed by atoms with van der Waals surface area (Å²) in [6.45, 7) is 0. The van der Waals surface area contributed by atoms with Crippen molar-refractivity contribution in [3.63, 3.8) is 0 Å². The van der Waals surface area contributed by atoms with Gasteiger partial charge in [0.2, 0.25) is 0 Å². The minimum Gasteiger partial charge on any atom is -0.761 e. The summed E-state index contributed by atoms with van der Waals surface area (Å²) in [4.78, 5) is 21.2. The zero-order chi connectivity index (χ0) is 16.5. The van der Waals surface area contributed by atoms with Gasteiger partial charge >= 0.3 is 17.1 Å². The van der Waals surface area contributed by atoms with Crippen LogP contribution < -0.4 is 11.0 Å². The van der Waals surface area contributed by atoms with Crippen molar-refractivity contribution in [2.24, 2.45) is 0 Å². The van der Waals surface area contributed by atoms with E-state index in [-0.39, 0.29) is 40.2 Å². The number of allylic oxidation sites excluding steroid dienone is 6. The fourth-order valence-electron chi connectivity index (χ4n) is 1.45. The average molecular weight is 370 g/mol. The molecule has 0 atom stereocenters. The molecule has 0 heterocycles. The van der Waals surface area contributed by atoms with Crippen molar-refractivity contribution in [1.82, 2.24) is 11.0 Å².